The van der Waals surface area contributed by atoms with Crippen LogP contribution in [0, 0.1) is 0 Å². The summed E-state index contributed by atoms with van der Waals surface area (Å²) < 4.78 is 28.8. The monoisotopic (exact) mass is 249 g/mol. The molecule has 88 valence electrons. The fourth-order valence-electron chi connectivity index (χ4n) is 0.846. The van der Waals surface area contributed by atoms with E-state index in [2.05, 4.69) is 5.10 Å². The van der Waals surface area contributed by atoms with Gasteiger partial charge in [-0.1, -0.05) is 11.8 Å². The number of alkyl halides is 2. The summed E-state index contributed by atoms with van der Waals surface area (Å²) in [6.45, 7) is 0. The zero-order chi connectivity index (χ0) is 12.0. The topological polar surface area (TPSA) is 80.6 Å². The third-order valence-corrected chi connectivity index (χ3v) is 2.10. The molecular formula is C8H9F2N3O2S. The van der Waals surface area contributed by atoms with Crippen LogP contribution in [0.25, 0.3) is 0 Å². The second kappa shape index (κ2) is 6.11. The lowest BCUT2D eigenvalue weighted by Crippen LogP contribution is -2.24. The van der Waals surface area contributed by atoms with Crippen molar-refractivity contribution in [2.45, 2.75) is 11.5 Å². The Morgan fingerprint density at radius 1 is 1.69 bits per heavy atom. The molecule has 1 aromatic rings. The van der Waals surface area contributed by atoms with Crippen molar-refractivity contribution in [3.05, 3.63) is 23.7 Å². The van der Waals surface area contributed by atoms with Crippen molar-refractivity contribution < 1.29 is 18.0 Å². The molecule has 0 aromatic carbocycles. The van der Waals surface area contributed by atoms with E-state index in [1.807, 2.05) is 5.43 Å². The third kappa shape index (κ3) is 4.78. The number of nitrogens with two attached hydrogens (primary N) is 1. The van der Waals surface area contributed by atoms with Gasteiger partial charge in [0.05, 0.1) is 12.0 Å². The van der Waals surface area contributed by atoms with Gasteiger partial charge in [-0.15, -0.1) is 0 Å². The summed E-state index contributed by atoms with van der Waals surface area (Å²) in [6, 6.07) is 2.31. The zero-order valence-corrected chi connectivity index (χ0v) is 8.84. The Bertz CT molecular complexity index is 381. The Morgan fingerprint density at radius 2 is 2.44 bits per heavy atom. The minimum Gasteiger partial charge on any atom is -0.459 e. The third-order valence-electron chi connectivity index (χ3n) is 1.40. The SMILES string of the molecule is NC(=O)N/N=C\c1ccc(CSC(F)F)o1. The number of urea groups is 1. The van der Waals surface area contributed by atoms with Gasteiger partial charge in [-0.2, -0.15) is 13.9 Å². The molecule has 0 aliphatic carbocycles. The van der Waals surface area contributed by atoms with E-state index < -0.39 is 11.8 Å². The maximum Gasteiger partial charge on any atom is 0.332 e. The lowest BCUT2D eigenvalue weighted by atomic mass is 10.4. The molecule has 3 N–H and O–H groups in total. The van der Waals surface area contributed by atoms with Crippen LogP contribution in [0.15, 0.2) is 21.7 Å². The second-order valence-electron chi connectivity index (χ2n) is 2.61. The predicted octanol–water partition coefficient (Wildman–Crippen LogP) is 1.74. The number of carbonyl (C=O) groups excluding carboxylic acids is 1. The molecule has 0 aliphatic rings. The summed E-state index contributed by atoms with van der Waals surface area (Å²) >= 11 is 0.465. The molecule has 2 amide bonds. The molecule has 0 fully saturated rings. The number of furan rings is 1. The van der Waals surface area contributed by atoms with Gasteiger partial charge in [-0.3, -0.25) is 0 Å². The number of nitrogens with one attached hydrogen (secondary N) is 1. The fourth-order valence-corrected chi connectivity index (χ4v) is 1.29. The molecule has 0 saturated heterocycles. The Balaban J connectivity index is 2.45. The largest absolute Gasteiger partial charge is 0.459 e. The van der Waals surface area contributed by atoms with E-state index in [0.29, 0.717) is 23.3 Å². The Kier molecular flexibility index (Phi) is 4.77. The van der Waals surface area contributed by atoms with Crippen molar-refractivity contribution >= 4 is 24.0 Å². The van der Waals surface area contributed by atoms with E-state index >= 15 is 0 Å². The van der Waals surface area contributed by atoms with Crippen molar-refractivity contribution in [3.63, 3.8) is 0 Å². The molecule has 0 bridgehead atoms. The minimum absolute atomic E-state index is 0.0781. The first-order valence-corrected chi connectivity index (χ1v) is 5.20. The first-order valence-electron chi connectivity index (χ1n) is 4.15. The fraction of sp³-hybridized carbons (Fsp3) is 0.250. The van der Waals surface area contributed by atoms with Crippen molar-refractivity contribution in [2.24, 2.45) is 10.8 Å². The number of rotatable bonds is 5. The van der Waals surface area contributed by atoms with Crippen molar-refractivity contribution in [2.75, 3.05) is 0 Å². The summed E-state index contributed by atoms with van der Waals surface area (Å²) in [4.78, 5) is 10.3. The van der Waals surface area contributed by atoms with E-state index in [4.69, 9.17) is 10.2 Å². The highest BCUT2D eigenvalue weighted by molar-refractivity contribution is 7.98. The van der Waals surface area contributed by atoms with Crippen LogP contribution in [0.4, 0.5) is 13.6 Å². The first-order chi connectivity index (χ1) is 7.58. The van der Waals surface area contributed by atoms with E-state index in [-0.39, 0.29) is 5.75 Å². The van der Waals surface area contributed by atoms with Crippen LogP contribution in [-0.2, 0) is 5.75 Å². The van der Waals surface area contributed by atoms with Crippen LogP contribution in [0.1, 0.15) is 11.5 Å². The number of hydrogen-bond donors (Lipinski definition) is 2. The summed E-state index contributed by atoms with van der Waals surface area (Å²) in [6.07, 6.45) is 1.22. The zero-order valence-electron chi connectivity index (χ0n) is 8.02. The maximum absolute atomic E-state index is 11.9. The molecule has 0 saturated carbocycles. The van der Waals surface area contributed by atoms with Crippen molar-refractivity contribution in [1.82, 2.24) is 5.43 Å². The highest BCUT2D eigenvalue weighted by atomic mass is 32.2. The van der Waals surface area contributed by atoms with Gasteiger partial charge in [0, 0.05) is 0 Å². The average Bonchev–Trinajstić information content (AvgIpc) is 2.62. The molecule has 1 aromatic heterocycles. The molecule has 1 heterocycles. The summed E-state index contributed by atoms with van der Waals surface area (Å²) in [7, 11) is 0. The normalized spacial score (nSPS) is 11.2. The van der Waals surface area contributed by atoms with Crippen LogP contribution in [0.2, 0.25) is 0 Å². The predicted molar refractivity (Wildman–Crippen MR) is 56.3 cm³/mol. The molecule has 5 nitrogen and oxygen atoms in total. The van der Waals surface area contributed by atoms with Gasteiger partial charge in [0.1, 0.15) is 11.5 Å². The van der Waals surface area contributed by atoms with Gasteiger partial charge in [0.2, 0.25) is 0 Å². The van der Waals surface area contributed by atoms with E-state index in [9.17, 15) is 13.6 Å². The summed E-state index contributed by atoms with van der Waals surface area (Å²) in [5, 5.41) is 3.45. The molecule has 8 heteroatoms. The molecular weight excluding hydrogens is 240 g/mol. The number of hydrazone groups is 1. The molecule has 0 atom stereocenters. The lowest BCUT2D eigenvalue weighted by molar-refractivity contribution is 0.249. The smallest absolute Gasteiger partial charge is 0.332 e. The minimum atomic E-state index is -2.43. The molecule has 0 radical (unpaired) electrons. The number of thioether (sulfide) groups is 1. The van der Waals surface area contributed by atoms with Crippen LogP contribution in [0.3, 0.4) is 0 Å². The number of halogens is 2. The van der Waals surface area contributed by atoms with Gasteiger partial charge in [-0.05, 0) is 12.1 Å². The molecule has 16 heavy (non-hydrogen) atoms. The Labute approximate surface area is 94.1 Å². The molecule has 0 aliphatic heterocycles. The first kappa shape index (κ1) is 12.5. The highest BCUT2D eigenvalue weighted by Gasteiger charge is 2.06. The Morgan fingerprint density at radius 3 is 3.06 bits per heavy atom. The van der Waals surface area contributed by atoms with Crippen LogP contribution in [-0.4, -0.2) is 18.0 Å². The number of nitrogens with zero attached hydrogens (tertiary/aromatic N) is 1. The van der Waals surface area contributed by atoms with E-state index in [0.717, 1.165) is 0 Å². The Hall–Kier alpha value is -1.57. The van der Waals surface area contributed by atoms with Crippen LogP contribution in [0.5, 0.6) is 0 Å². The molecule has 0 unspecified atom stereocenters. The number of amides is 2. The van der Waals surface area contributed by atoms with Gasteiger partial charge < -0.3 is 10.2 Å². The van der Waals surface area contributed by atoms with Gasteiger partial charge in [0.15, 0.2) is 0 Å². The molecule has 0 spiro atoms. The number of hydrogen-bond acceptors (Lipinski definition) is 4. The van der Waals surface area contributed by atoms with Crippen LogP contribution >= 0.6 is 11.8 Å². The van der Waals surface area contributed by atoms with Crippen molar-refractivity contribution in [1.29, 1.82) is 0 Å². The second-order valence-corrected chi connectivity index (χ2v) is 3.59. The van der Waals surface area contributed by atoms with Gasteiger partial charge in [-0.25, -0.2) is 10.2 Å². The van der Waals surface area contributed by atoms with Crippen molar-refractivity contribution in [3.8, 4) is 0 Å². The standard InChI is InChI=1S/C8H9F2N3O2S/c9-7(10)16-4-6-2-1-5(15-6)3-12-13-8(11)14/h1-3,7H,4H2,(H3,11,13,14)/b12-3-. The average molecular weight is 249 g/mol. The van der Waals surface area contributed by atoms with Crippen LogP contribution < -0.4 is 11.2 Å². The number of primary amides is 1. The molecule has 1 rings (SSSR count). The maximum atomic E-state index is 11.9. The lowest BCUT2D eigenvalue weighted by Gasteiger charge is -1.95. The van der Waals surface area contributed by atoms with E-state index in [1.54, 1.807) is 12.1 Å². The van der Waals surface area contributed by atoms with Gasteiger partial charge in [0.25, 0.3) is 5.76 Å². The van der Waals surface area contributed by atoms with Gasteiger partial charge >= 0.3 is 6.03 Å². The van der Waals surface area contributed by atoms with E-state index in [1.165, 1.54) is 6.21 Å². The summed E-state index contributed by atoms with van der Waals surface area (Å²) in [5.41, 5.74) is 6.74. The highest BCUT2D eigenvalue weighted by Crippen LogP contribution is 2.20. The quantitative estimate of drug-likeness (QED) is 0.616. The summed E-state index contributed by atoms with van der Waals surface area (Å²) in [5.74, 6) is -1.60. The number of carbonyl (C=O) groups is 1.